The fraction of sp³-hybridized carbons (Fsp3) is 0.312. The molecule has 0 heterocycles. The molecule has 0 amide bonds. The van der Waals surface area contributed by atoms with Crippen LogP contribution in [0.15, 0.2) is 66.3 Å². The van der Waals surface area contributed by atoms with Gasteiger partial charge in [-0.05, 0) is 0 Å². The Bertz CT molecular complexity index is 1610. The van der Waals surface area contributed by atoms with Crippen LogP contribution in [0.25, 0.3) is 0 Å². The van der Waals surface area contributed by atoms with Crippen molar-refractivity contribution in [3.05, 3.63) is 99.6 Å². The van der Waals surface area contributed by atoms with Crippen LogP contribution in [0.3, 0.4) is 0 Å². The molecule has 0 aromatic heterocycles. The zero-order chi connectivity index (χ0) is 31.8. The number of halogens is 6. The van der Waals surface area contributed by atoms with Crippen molar-refractivity contribution in [3.63, 3.8) is 0 Å². The summed E-state index contributed by atoms with van der Waals surface area (Å²) in [5, 5.41) is 22.8. The second-order valence-electron chi connectivity index (χ2n) is 11.4. The molecule has 8 bridgehead atoms. The van der Waals surface area contributed by atoms with Crippen LogP contribution in [0.2, 0.25) is 0 Å². The van der Waals surface area contributed by atoms with Gasteiger partial charge in [-0.15, -0.1) is 0 Å². The van der Waals surface area contributed by atoms with Crippen molar-refractivity contribution in [2.45, 2.75) is 39.2 Å². The van der Waals surface area contributed by atoms with E-state index in [-0.39, 0.29) is 49.2 Å². The number of hydrogen-bond donors (Lipinski definition) is 2. The van der Waals surface area contributed by atoms with Crippen molar-refractivity contribution in [2.24, 2.45) is 5.92 Å². The van der Waals surface area contributed by atoms with Gasteiger partial charge in [-0.1, -0.05) is 0 Å². The standard InChI is InChI=1S/C30H28O4.2CF3.2Hg/c1-33-29-23-11-5-12-24(29)16-20-8-4-10-22(28(20)32)18-26-14-6-13-25(30(26)34-2)17-21-9-3-7-19(15-23)27(21)31;2*2-1(3)4;;/h5-14,23,29,31-32H,15-18H2,1-2H3;;;;/t23-,29?;;;;/m0..../s1. The fourth-order valence-corrected chi connectivity index (χ4v) is 15.4. The molecule has 0 spiro atoms. The maximum atomic E-state index is 13.6. The molecule has 2 aliphatic carbocycles. The van der Waals surface area contributed by atoms with Crippen LogP contribution in [-0.2, 0) is 79.6 Å². The topological polar surface area (TPSA) is 58.9 Å². The molecule has 0 saturated heterocycles. The number of para-hydroxylation sites is 1. The van der Waals surface area contributed by atoms with Gasteiger partial charge < -0.3 is 0 Å². The van der Waals surface area contributed by atoms with Crippen LogP contribution >= 0.6 is 0 Å². The summed E-state index contributed by atoms with van der Waals surface area (Å²) in [5.74, 6) is -0.128. The first kappa shape index (κ1) is 33.3. The molecule has 1 unspecified atom stereocenters. The summed E-state index contributed by atoms with van der Waals surface area (Å²) in [4.78, 5) is 0. The average molecular weight is 992 g/mol. The molecular weight excluding hydrogens is 964 g/mol. The second kappa shape index (κ2) is 13.4. The first-order valence-corrected chi connectivity index (χ1v) is 25.1. The maximum absolute atomic E-state index is 13.6. The van der Waals surface area contributed by atoms with Gasteiger partial charge in [0.05, 0.1) is 0 Å². The number of fused-ring (bicyclic) bond motifs is 8. The van der Waals surface area contributed by atoms with E-state index in [0.29, 0.717) is 44.7 Å². The van der Waals surface area contributed by atoms with E-state index in [1.54, 1.807) is 30.4 Å². The van der Waals surface area contributed by atoms with Crippen LogP contribution in [0.1, 0.15) is 33.4 Å². The predicted molar refractivity (Wildman–Crippen MR) is 145 cm³/mol. The molecule has 2 atom stereocenters. The van der Waals surface area contributed by atoms with Crippen molar-refractivity contribution in [3.8, 4) is 17.2 Å². The Balaban J connectivity index is 1.72. The molecule has 5 rings (SSSR count). The van der Waals surface area contributed by atoms with Gasteiger partial charge in [0, 0.05) is 0 Å². The number of rotatable bonds is 4. The van der Waals surface area contributed by atoms with Crippen LogP contribution in [-0.4, -0.2) is 37.9 Å². The third-order valence-corrected chi connectivity index (χ3v) is 17.6. The molecule has 4 nitrogen and oxygen atoms in total. The molecule has 44 heavy (non-hydrogen) atoms. The number of alkyl halides is 6. The van der Waals surface area contributed by atoms with E-state index < -0.39 is 62.6 Å². The zero-order valence-corrected chi connectivity index (χ0v) is 35.1. The summed E-state index contributed by atoms with van der Waals surface area (Å²) in [6.45, 7) is 0. The van der Waals surface area contributed by atoms with E-state index in [2.05, 4.69) is 0 Å². The number of phenolic OH excluding ortho intramolecular Hbond substituents is 2. The second-order valence-corrected chi connectivity index (χ2v) is 26.7. The molecular formula is C32H28F6Hg2O4. The zero-order valence-electron chi connectivity index (χ0n) is 24.1. The minimum atomic E-state index is -4.24. The summed E-state index contributed by atoms with van der Waals surface area (Å²) in [7, 11) is 2.93. The number of phenols is 2. The summed E-state index contributed by atoms with van der Waals surface area (Å²) < 4.78 is 85.2. The molecule has 0 radical (unpaired) electrons. The molecule has 12 heteroatoms. The van der Waals surface area contributed by atoms with E-state index in [4.69, 9.17) is 9.47 Å². The quantitative estimate of drug-likeness (QED) is 0.250. The minimum absolute atomic E-state index is 0.0733. The van der Waals surface area contributed by atoms with Crippen molar-refractivity contribution in [2.75, 3.05) is 14.2 Å². The van der Waals surface area contributed by atoms with Crippen molar-refractivity contribution in [1.82, 2.24) is 0 Å². The van der Waals surface area contributed by atoms with Crippen molar-refractivity contribution < 1.29 is 95.2 Å². The monoisotopic (exact) mass is 994 g/mol. The Labute approximate surface area is 275 Å². The van der Waals surface area contributed by atoms with Crippen LogP contribution in [0, 0.1) is 5.92 Å². The molecule has 0 fully saturated rings. The van der Waals surface area contributed by atoms with E-state index in [9.17, 15) is 36.6 Å². The number of hydrogen-bond acceptors (Lipinski definition) is 4. The number of allylic oxidation sites excluding steroid dienone is 2. The fourth-order valence-electron chi connectivity index (χ4n) is 6.41. The molecule has 2 N–H and O–H groups in total. The van der Waals surface area contributed by atoms with Gasteiger partial charge in [-0.3, -0.25) is 0 Å². The third kappa shape index (κ3) is 7.84. The SMILES string of the molecule is COc1c2cccc1Cc1c[c]([Hg][C](F)(F)F)cc(c1O)C[C@@H]1C=CC=C(Cc3c[c]([Hg][C](F)(F)F)cc(c3O)C2)C1OC. The predicted octanol–water partition coefficient (Wildman–Crippen LogP) is 5.97. The van der Waals surface area contributed by atoms with Crippen molar-refractivity contribution in [1.29, 1.82) is 0 Å². The van der Waals surface area contributed by atoms with Gasteiger partial charge in [0.15, 0.2) is 0 Å². The van der Waals surface area contributed by atoms with E-state index in [1.165, 1.54) is 38.5 Å². The molecule has 3 aromatic carbocycles. The van der Waals surface area contributed by atoms with E-state index in [1.807, 2.05) is 6.08 Å². The van der Waals surface area contributed by atoms with Gasteiger partial charge in [0.25, 0.3) is 0 Å². The van der Waals surface area contributed by atoms with E-state index in [0.717, 1.165) is 0 Å². The molecule has 226 valence electrons. The van der Waals surface area contributed by atoms with Crippen LogP contribution in [0.5, 0.6) is 17.2 Å². The molecule has 2 aliphatic rings. The normalized spacial score (nSPS) is 18.2. The van der Waals surface area contributed by atoms with Crippen LogP contribution in [0.4, 0.5) is 26.3 Å². The Morgan fingerprint density at radius 2 is 1.23 bits per heavy atom. The van der Waals surface area contributed by atoms with Gasteiger partial charge in [0.2, 0.25) is 0 Å². The van der Waals surface area contributed by atoms with Gasteiger partial charge in [-0.2, -0.15) is 0 Å². The summed E-state index contributed by atoms with van der Waals surface area (Å²) in [6, 6.07) is 11.0. The van der Waals surface area contributed by atoms with Gasteiger partial charge in [0.1, 0.15) is 0 Å². The average Bonchev–Trinajstić information content (AvgIpc) is 2.92. The molecule has 0 aliphatic heterocycles. The third-order valence-electron chi connectivity index (χ3n) is 8.14. The van der Waals surface area contributed by atoms with Gasteiger partial charge >= 0.3 is 278 Å². The summed E-state index contributed by atoms with van der Waals surface area (Å²) in [6.07, 6.45) is 5.32. The van der Waals surface area contributed by atoms with Gasteiger partial charge in [-0.25, -0.2) is 0 Å². The van der Waals surface area contributed by atoms with Crippen molar-refractivity contribution >= 4 is 6.14 Å². The Morgan fingerprint density at radius 1 is 0.727 bits per heavy atom. The number of benzene rings is 3. The summed E-state index contributed by atoms with van der Waals surface area (Å²) >= 11 is -7.16. The Morgan fingerprint density at radius 3 is 1.73 bits per heavy atom. The molecule has 3 aromatic rings. The summed E-state index contributed by atoms with van der Waals surface area (Å²) in [5.41, 5.74) is 3.34. The van der Waals surface area contributed by atoms with Crippen LogP contribution < -0.4 is 10.9 Å². The number of ether oxygens (including phenoxy) is 2. The Hall–Kier alpha value is -2.05. The number of aromatic hydroxyl groups is 2. The number of methoxy groups -OCH3 is 2. The molecule has 0 saturated carbocycles. The first-order chi connectivity index (χ1) is 20.7. The van der Waals surface area contributed by atoms with E-state index >= 15 is 0 Å². The first-order valence-electron chi connectivity index (χ1n) is 14.1. The Kier molecular flexibility index (Phi) is 10.1.